The number of carbonyl (C=O) groups is 1. The molecule has 1 fully saturated rings. The van der Waals surface area contributed by atoms with Crippen molar-refractivity contribution in [2.45, 2.75) is 6.42 Å². The molecule has 98 valence electrons. The van der Waals surface area contributed by atoms with Crippen LogP contribution in [-0.4, -0.2) is 35.5 Å². The van der Waals surface area contributed by atoms with Crippen LogP contribution in [0.4, 0.5) is 5.82 Å². The molecule has 0 saturated carbocycles. The van der Waals surface area contributed by atoms with Gasteiger partial charge in [0.25, 0.3) is 0 Å². The van der Waals surface area contributed by atoms with Gasteiger partial charge >= 0.3 is 0 Å². The number of amides is 1. The van der Waals surface area contributed by atoms with Crippen LogP contribution in [0.25, 0.3) is 11.0 Å². The summed E-state index contributed by atoms with van der Waals surface area (Å²) in [5.74, 6) is 0.734. The zero-order valence-corrected chi connectivity index (χ0v) is 11.0. The van der Waals surface area contributed by atoms with Crippen LogP contribution < -0.4 is 10.2 Å². The minimum absolute atomic E-state index is 0.0190. The molecule has 3 rings (SSSR count). The van der Waals surface area contributed by atoms with Gasteiger partial charge in [-0.1, -0.05) is 11.6 Å². The van der Waals surface area contributed by atoms with Gasteiger partial charge < -0.3 is 10.2 Å². The monoisotopic (exact) mass is 276 g/mol. The summed E-state index contributed by atoms with van der Waals surface area (Å²) in [6.07, 6.45) is 2.61. The van der Waals surface area contributed by atoms with Gasteiger partial charge in [-0.25, -0.2) is 4.98 Å². The first-order chi connectivity index (χ1) is 9.22. The maximum Gasteiger partial charge on any atom is 0.239 e. The van der Waals surface area contributed by atoms with E-state index in [9.17, 15) is 4.79 Å². The molecule has 2 aromatic rings. The highest BCUT2D eigenvalue weighted by Gasteiger charge is 2.16. The number of fused-ring (bicyclic) bond motifs is 1. The Morgan fingerprint density at radius 1 is 1.32 bits per heavy atom. The second kappa shape index (κ2) is 5.01. The van der Waals surface area contributed by atoms with E-state index in [0.29, 0.717) is 23.9 Å². The molecule has 0 radical (unpaired) electrons. The highest BCUT2D eigenvalue weighted by atomic mass is 35.5. The molecule has 0 bridgehead atoms. The minimum Gasteiger partial charge on any atom is -0.354 e. The summed E-state index contributed by atoms with van der Waals surface area (Å²) in [5.41, 5.74) is 1.54. The second-order valence-electron chi connectivity index (χ2n) is 4.49. The number of hydrogen-bond donors (Lipinski definition) is 1. The molecule has 0 aliphatic carbocycles. The molecule has 1 aromatic carbocycles. The van der Waals surface area contributed by atoms with Crippen LogP contribution in [0.1, 0.15) is 6.42 Å². The number of aromatic nitrogens is 2. The zero-order valence-electron chi connectivity index (χ0n) is 10.3. The third-order valence-corrected chi connectivity index (χ3v) is 3.31. The van der Waals surface area contributed by atoms with Crippen molar-refractivity contribution in [2.75, 3.05) is 24.5 Å². The van der Waals surface area contributed by atoms with Gasteiger partial charge in [-0.3, -0.25) is 9.78 Å². The third-order valence-electron chi connectivity index (χ3n) is 3.08. The highest BCUT2D eigenvalue weighted by molar-refractivity contribution is 6.31. The van der Waals surface area contributed by atoms with E-state index < -0.39 is 0 Å². The Morgan fingerprint density at radius 3 is 3.11 bits per heavy atom. The van der Waals surface area contributed by atoms with Gasteiger partial charge in [-0.2, -0.15) is 0 Å². The van der Waals surface area contributed by atoms with Crippen LogP contribution in [0, 0.1) is 0 Å². The molecule has 1 aromatic heterocycles. The fraction of sp³-hybridized carbons (Fsp3) is 0.308. The lowest BCUT2D eigenvalue weighted by Crippen LogP contribution is -2.33. The summed E-state index contributed by atoms with van der Waals surface area (Å²) in [6, 6.07) is 5.41. The van der Waals surface area contributed by atoms with Crippen molar-refractivity contribution in [3.8, 4) is 0 Å². The molecular formula is C13H13ClN4O. The Bertz CT molecular complexity index is 631. The quantitative estimate of drug-likeness (QED) is 0.860. The van der Waals surface area contributed by atoms with Gasteiger partial charge in [-0.05, 0) is 24.6 Å². The summed E-state index contributed by atoms with van der Waals surface area (Å²) in [5, 5.41) is 3.47. The number of benzene rings is 1. The standard InChI is InChI=1S/C13H13ClN4O/c14-9-2-3-10-11(6-9)17-12(7-16-10)18-5-1-4-15-13(19)8-18/h2-3,6-7H,1,4-5,8H2,(H,15,19). The zero-order chi connectivity index (χ0) is 13.2. The number of anilines is 1. The third kappa shape index (κ3) is 2.61. The van der Waals surface area contributed by atoms with Crippen LogP contribution >= 0.6 is 11.6 Å². The maximum atomic E-state index is 11.6. The summed E-state index contributed by atoms with van der Waals surface area (Å²) in [7, 11) is 0. The van der Waals surface area contributed by atoms with E-state index in [1.165, 1.54) is 0 Å². The molecule has 1 amide bonds. The van der Waals surface area contributed by atoms with Crippen LogP contribution in [0.3, 0.4) is 0 Å². The van der Waals surface area contributed by atoms with E-state index in [0.717, 1.165) is 24.0 Å². The number of nitrogens with one attached hydrogen (secondary N) is 1. The maximum absolute atomic E-state index is 11.6. The molecule has 1 N–H and O–H groups in total. The Hall–Kier alpha value is -1.88. The number of nitrogens with zero attached hydrogens (tertiary/aromatic N) is 3. The molecule has 0 unspecified atom stereocenters. The largest absolute Gasteiger partial charge is 0.354 e. The number of carbonyl (C=O) groups excluding carboxylic acids is 1. The van der Waals surface area contributed by atoms with E-state index in [-0.39, 0.29) is 5.91 Å². The predicted octanol–water partition coefficient (Wildman–Crippen LogP) is 1.61. The molecular weight excluding hydrogens is 264 g/mol. The van der Waals surface area contributed by atoms with E-state index >= 15 is 0 Å². The predicted molar refractivity (Wildman–Crippen MR) is 74.4 cm³/mol. The average Bonchev–Trinajstić information content (AvgIpc) is 2.62. The number of hydrogen-bond acceptors (Lipinski definition) is 4. The van der Waals surface area contributed by atoms with Crippen molar-refractivity contribution in [2.24, 2.45) is 0 Å². The smallest absolute Gasteiger partial charge is 0.239 e. The normalized spacial score (nSPS) is 16.3. The van der Waals surface area contributed by atoms with Gasteiger partial charge in [0.05, 0.1) is 23.8 Å². The molecule has 19 heavy (non-hydrogen) atoms. The minimum atomic E-state index is 0.0190. The van der Waals surface area contributed by atoms with Gasteiger partial charge in [0, 0.05) is 18.1 Å². The summed E-state index contributed by atoms with van der Waals surface area (Å²) < 4.78 is 0. The fourth-order valence-electron chi connectivity index (χ4n) is 2.13. The van der Waals surface area contributed by atoms with E-state index in [1.807, 2.05) is 11.0 Å². The van der Waals surface area contributed by atoms with Crippen molar-refractivity contribution < 1.29 is 4.79 Å². The van der Waals surface area contributed by atoms with Crippen molar-refractivity contribution in [1.82, 2.24) is 15.3 Å². The van der Waals surface area contributed by atoms with E-state index in [4.69, 9.17) is 11.6 Å². The summed E-state index contributed by atoms with van der Waals surface area (Å²) in [4.78, 5) is 22.4. The molecule has 6 heteroatoms. The van der Waals surface area contributed by atoms with Crippen LogP contribution in [-0.2, 0) is 4.79 Å². The average molecular weight is 277 g/mol. The molecule has 0 spiro atoms. The van der Waals surface area contributed by atoms with Crippen molar-refractivity contribution in [3.05, 3.63) is 29.4 Å². The fourth-order valence-corrected chi connectivity index (χ4v) is 2.30. The molecule has 2 heterocycles. The van der Waals surface area contributed by atoms with Crippen LogP contribution in [0.5, 0.6) is 0 Å². The van der Waals surface area contributed by atoms with Gasteiger partial charge in [0.2, 0.25) is 5.91 Å². The molecule has 1 saturated heterocycles. The molecule has 5 nitrogen and oxygen atoms in total. The molecule has 0 atom stereocenters. The van der Waals surface area contributed by atoms with E-state index in [1.54, 1.807) is 18.3 Å². The van der Waals surface area contributed by atoms with Gasteiger partial charge in [0.15, 0.2) is 0 Å². The Labute approximate surface area is 115 Å². The Balaban J connectivity index is 1.97. The topological polar surface area (TPSA) is 58.1 Å². The van der Waals surface area contributed by atoms with E-state index in [2.05, 4.69) is 15.3 Å². The lowest BCUT2D eigenvalue weighted by Gasteiger charge is -2.19. The van der Waals surface area contributed by atoms with Gasteiger partial charge in [-0.15, -0.1) is 0 Å². The van der Waals surface area contributed by atoms with Crippen LogP contribution in [0.15, 0.2) is 24.4 Å². The SMILES string of the molecule is O=C1CN(c2cnc3ccc(Cl)cc3n2)CCCN1. The van der Waals surface area contributed by atoms with Crippen LogP contribution in [0.2, 0.25) is 5.02 Å². The second-order valence-corrected chi connectivity index (χ2v) is 4.92. The number of halogens is 1. The van der Waals surface area contributed by atoms with Crippen molar-refractivity contribution >= 4 is 34.4 Å². The van der Waals surface area contributed by atoms with Gasteiger partial charge in [0.1, 0.15) is 5.82 Å². The first-order valence-electron chi connectivity index (χ1n) is 6.16. The van der Waals surface area contributed by atoms with Crippen molar-refractivity contribution in [1.29, 1.82) is 0 Å². The highest BCUT2D eigenvalue weighted by Crippen LogP contribution is 2.19. The summed E-state index contributed by atoms with van der Waals surface area (Å²) >= 11 is 5.96. The Kier molecular flexibility index (Phi) is 3.21. The first-order valence-corrected chi connectivity index (χ1v) is 6.54. The lowest BCUT2D eigenvalue weighted by molar-refractivity contribution is -0.119. The lowest BCUT2D eigenvalue weighted by atomic mass is 10.3. The molecule has 1 aliphatic rings. The van der Waals surface area contributed by atoms with Crippen molar-refractivity contribution in [3.63, 3.8) is 0 Å². The Morgan fingerprint density at radius 2 is 2.21 bits per heavy atom. The first kappa shape index (κ1) is 12.2. The summed E-state index contributed by atoms with van der Waals surface area (Å²) in [6.45, 7) is 1.82. The number of rotatable bonds is 1. The molecule has 1 aliphatic heterocycles.